The lowest BCUT2D eigenvalue weighted by atomic mass is 9.62. The summed E-state index contributed by atoms with van der Waals surface area (Å²) in [7, 11) is 0. The van der Waals surface area contributed by atoms with Gasteiger partial charge in [0.25, 0.3) is 0 Å². The van der Waals surface area contributed by atoms with Gasteiger partial charge in [-0.05, 0) is 75.7 Å². The minimum absolute atomic E-state index is 0.00341. The lowest BCUT2D eigenvalue weighted by molar-refractivity contribution is -0.122. The highest BCUT2D eigenvalue weighted by Gasteiger charge is 2.63. The highest BCUT2D eigenvalue weighted by molar-refractivity contribution is 5.94. The zero-order valence-corrected chi connectivity index (χ0v) is 18.5. The quantitative estimate of drug-likeness (QED) is 0.551. The van der Waals surface area contributed by atoms with Gasteiger partial charge in [0.2, 0.25) is 0 Å². The molecule has 3 fully saturated rings. The molecule has 1 heterocycles. The summed E-state index contributed by atoms with van der Waals surface area (Å²) < 4.78 is 6.79. The number of carbonyl (C=O) groups excluding carboxylic acids is 2. The molecule has 1 saturated heterocycles. The van der Waals surface area contributed by atoms with Crippen LogP contribution in [0.1, 0.15) is 73.1 Å². The summed E-state index contributed by atoms with van der Waals surface area (Å²) in [5.74, 6) is 0.117. The van der Waals surface area contributed by atoms with Gasteiger partial charge < -0.3 is 9.84 Å². The molecule has 0 amide bonds. The fourth-order valence-electron chi connectivity index (χ4n) is 7.28. The number of ketones is 1. The number of rotatable bonds is 2. The zero-order valence-electron chi connectivity index (χ0n) is 18.5. The third-order valence-electron chi connectivity index (χ3n) is 8.68. The Balaban J connectivity index is 1.74. The van der Waals surface area contributed by atoms with Crippen LogP contribution in [0.5, 0.6) is 0 Å². The molecule has 2 saturated carbocycles. The van der Waals surface area contributed by atoms with Crippen molar-refractivity contribution in [2.24, 2.45) is 29.1 Å². The SMILES string of the molecule is CC(C)=C[C@H]1C[C@@H](C)[C@]2(CC[C@@]3(C)C[C@@H]4[C@H](C(=O)C[C@]4(C)O)/C(C=O)=C\C[C@@H]32)O1. The van der Waals surface area contributed by atoms with E-state index >= 15 is 0 Å². The lowest BCUT2D eigenvalue weighted by Crippen LogP contribution is -2.46. The third-order valence-corrected chi connectivity index (χ3v) is 8.68. The predicted octanol–water partition coefficient (Wildman–Crippen LogP) is 4.41. The van der Waals surface area contributed by atoms with Gasteiger partial charge in [0.05, 0.1) is 23.2 Å². The van der Waals surface area contributed by atoms with Crippen molar-refractivity contribution < 1.29 is 19.4 Å². The number of hydrogen-bond acceptors (Lipinski definition) is 4. The Morgan fingerprint density at radius 1 is 1.28 bits per heavy atom. The molecule has 160 valence electrons. The average molecular weight is 401 g/mol. The van der Waals surface area contributed by atoms with Crippen LogP contribution in [0.15, 0.2) is 23.3 Å². The molecule has 0 aromatic carbocycles. The van der Waals surface area contributed by atoms with E-state index in [1.165, 1.54) is 5.57 Å². The van der Waals surface area contributed by atoms with Crippen LogP contribution in [0.3, 0.4) is 0 Å². The minimum Gasteiger partial charge on any atom is -0.389 e. The van der Waals surface area contributed by atoms with Crippen molar-refractivity contribution in [2.75, 3.05) is 0 Å². The number of aliphatic hydroxyl groups is 1. The number of hydrogen-bond donors (Lipinski definition) is 1. The Morgan fingerprint density at radius 2 is 2.00 bits per heavy atom. The van der Waals surface area contributed by atoms with Crippen molar-refractivity contribution in [2.45, 2.75) is 90.4 Å². The normalized spacial score (nSPS) is 51.0. The monoisotopic (exact) mass is 400 g/mol. The van der Waals surface area contributed by atoms with Gasteiger partial charge in [-0.15, -0.1) is 0 Å². The van der Waals surface area contributed by atoms with Gasteiger partial charge in [-0.2, -0.15) is 0 Å². The van der Waals surface area contributed by atoms with Gasteiger partial charge in [-0.3, -0.25) is 9.59 Å². The molecular weight excluding hydrogens is 364 g/mol. The second-order valence-electron chi connectivity index (χ2n) is 11.0. The Bertz CT molecular complexity index is 774. The molecule has 3 aliphatic carbocycles. The molecule has 0 unspecified atom stereocenters. The highest BCUT2D eigenvalue weighted by atomic mass is 16.5. The van der Waals surface area contributed by atoms with E-state index in [2.05, 4.69) is 33.8 Å². The minimum atomic E-state index is -1.04. The number of Topliss-reactive ketones (excluding diaryl/α,β-unsaturated/α-hetero) is 1. The molecule has 0 aromatic heterocycles. The van der Waals surface area contributed by atoms with E-state index in [9.17, 15) is 14.7 Å². The number of allylic oxidation sites excluding steroid dienone is 3. The smallest absolute Gasteiger partial charge is 0.146 e. The lowest BCUT2D eigenvalue weighted by Gasteiger charge is -2.45. The largest absolute Gasteiger partial charge is 0.389 e. The summed E-state index contributed by atoms with van der Waals surface area (Å²) >= 11 is 0. The Labute approximate surface area is 174 Å². The van der Waals surface area contributed by atoms with Crippen LogP contribution >= 0.6 is 0 Å². The first-order chi connectivity index (χ1) is 13.5. The standard InChI is InChI=1S/C25H36O4/c1-15(2)10-18-11-16(3)25(29-18)9-8-23(4)12-19-22(20(27)13-24(19,5)28)17(14-26)6-7-21(23)25/h6,10,14,16,18-19,21-22,28H,7-9,11-13H2,1-5H3/b17-6-/t16-,18+,19-,21+,22-,23+,24+,25+/m1/s1. The Kier molecular flexibility index (Phi) is 4.98. The molecule has 4 heteroatoms. The van der Waals surface area contributed by atoms with E-state index in [-0.39, 0.29) is 35.2 Å². The highest BCUT2D eigenvalue weighted by Crippen LogP contribution is 2.64. The van der Waals surface area contributed by atoms with E-state index in [0.717, 1.165) is 38.4 Å². The predicted molar refractivity (Wildman–Crippen MR) is 112 cm³/mol. The topological polar surface area (TPSA) is 63.6 Å². The first-order valence-electron chi connectivity index (χ1n) is 11.3. The second kappa shape index (κ2) is 6.88. The van der Waals surface area contributed by atoms with Gasteiger partial charge in [-0.1, -0.05) is 31.6 Å². The number of carbonyl (C=O) groups is 2. The van der Waals surface area contributed by atoms with Crippen LogP contribution in [0.25, 0.3) is 0 Å². The van der Waals surface area contributed by atoms with Gasteiger partial charge >= 0.3 is 0 Å². The maximum atomic E-state index is 12.7. The van der Waals surface area contributed by atoms with Crippen LogP contribution in [0.2, 0.25) is 0 Å². The van der Waals surface area contributed by atoms with E-state index in [1.54, 1.807) is 6.92 Å². The number of aldehydes is 1. The summed E-state index contributed by atoms with van der Waals surface area (Å²) in [5, 5.41) is 11.1. The molecule has 1 spiro atoms. The average Bonchev–Trinajstić information content (AvgIpc) is 3.12. The van der Waals surface area contributed by atoms with Crippen molar-refractivity contribution in [1.29, 1.82) is 0 Å². The van der Waals surface area contributed by atoms with Crippen molar-refractivity contribution >= 4 is 12.1 Å². The third kappa shape index (κ3) is 3.18. The maximum Gasteiger partial charge on any atom is 0.146 e. The van der Waals surface area contributed by atoms with Crippen molar-refractivity contribution in [3.8, 4) is 0 Å². The van der Waals surface area contributed by atoms with Crippen molar-refractivity contribution in [3.63, 3.8) is 0 Å². The number of ether oxygens (including phenoxy) is 1. The van der Waals surface area contributed by atoms with Crippen LogP contribution in [-0.4, -0.2) is 34.5 Å². The molecule has 0 aromatic rings. The first-order valence-corrected chi connectivity index (χ1v) is 11.3. The van der Waals surface area contributed by atoms with Crippen molar-refractivity contribution in [3.05, 3.63) is 23.3 Å². The second-order valence-corrected chi connectivity index (χ2v) is 11.0. The molecule has 0 radical (unpaired) electrons. The van der Waals surface area contributed by atoms with E-state index in [1.807, 2.05) is 6.08 Å². The molecular formula is C25H36O4. The summed E-state index contributed by atoms with van der Waals surface area (Å²) in [6.45, 7) is 10.7. The fraction of sp³-hybridized carbons (Fsp3) is 0.760. The van der Waals surface area contributed by atoms with Crippen molar-refractivity contribution in [1.82, 2.24) is 0 Å². The molecule has 4 rings (SSSR count). The summed E-state index contributed by atoms with van der Waals surface area (Å²) in [4.78, 5) is 24.6. The van der Waals surface area contributed by atoms with Crippen LogP contribution in [-0.2, 0) is 14.3 Å². The van der Waals surface area contributed by atoms with E-state index in [0.29, 0.717) is 17.4 Å². The molecule has 1 N–H and O–H groups in total. The van der Waals surface area contributed by atoms with Gasteiger partial charge in [0.1, 0.15) is 12.1 Å². The maximum absolute atomic E-state index is 12.7. The summed E-state index contributed by atoms with van der Waals surface area (Å²) in [6, 6.07) is 0. The van der Waals surface area contributed by atoms with Crippen LogP contribution in [0.4, 0.5) is 0 Å². The zero-order chi connectivity index (χ0) is 21.2. The molecule has 1 aliphatic heterocycles. The van der Waals surface area contributed by atoms with Crippen LogP contribution < -0.4 is 0 Å². The van der Waals surface area contributed by atoms with E-state index < -0.39 is 11.5 Å². The molecule has 29 heavy (non-hydrogen) atoms. The van der Waals surface area contributed by atoms with Gasteiger partial charge in [-0.25, -0.2) is 0 Å². The first kappa shape index (κ1) is 21.0. The summed E-state index contributed by atoms with van der Waals surface area (Å²) in [6.07, 6.45) is 10.0. The molecule has 8 atom stereocenters. The molecule has 0 bridgehead atoms. The fourth-order valence-corrected chi connectivity index (χ4v) is 7.28. The Hall–Kier alpha value is -1.26. The summed E-state index contributed by atoms with van der Waals surface area (Å²) in [5.41, 5.74) is 0.628. The Morgan fingerprint density at radius 3 is 2.66 bits per heavy atom. The van der Waals surface area contributed by atoms with Crippen LogP contribution in [0, 0.1) is 29.1 Å². The number of fused-ring (bicyclic) bond motifs is 3. The van der Waals surface area contributed by atoms with Gasteiger partial charge in [0.15, 0.2) is 0 Å². The van der Waals surface area contributed by atoms with Gasteiger partial charge in [0, 0.05) is 12.3 Å². The molecule has 4 nitrogen and oxygen atoms in total. The van der Waals surface area contributed by atoms with E-state index in [4.69, 9.17) is 4.74 Å². The molecule has 4 aliphatic rings.